The van der Waals surface area contributed by atoms with Crippen LogP contribution in [0.4, 0.5) is 5.69 Å². The Balaban J connectivity index is 1.86. The van der Waals surface area contributed by atoms with E-state index in [1.54, 1.807) is 12.1 Å². The quantitative estimate of drug-likeness (QED) is 0.783. The monoisotopic (exact) mass is 416 g/mol. The maximum atomic E-state index is 13.1. The number of anilines is 1. The molecule has 0 aliphatic carbocycles. The van der Waals surface area contributed by atoms with Crippen LogP contribution >= 0.6 is 0 Å². The van der Waals surface area contributed by atoms with Gasteiger partial charge in [-0.3, -0.25) is 9.10 Å². The smallest absolute Gasteiger partial charge is 0.263 e. The van der Waals surface area contributed by atoms with Gasteiger partial charge in [-0.15, -0.1) is 0 Å². The Morgan fingerprint density at radius 3 is 2.52 bits per heavy atom. The lowest BCUT2D eigenvalue weighted by Gasteiger charge is -2.35. The van der Waals surface area contributed by atoms with Crippen molar-refractivity contribution in [2.75, 3.05) is 17.1 Å². The zero-order chi connectivity index (χ0) is 21.2. The molecule has 0 aromatic heterocycles. The van der Waals surface area contributed by atoms with Crippen molar-refractivity contribution in [2.45, 2.75) is 39.3 Å². The van der Waals surface area contributed by atoms with Gasteiger partial charge in [-0.25, -0.2) is 8.42 Å². The number of nitrogens with zero attached hydrogens (tertiary/aromatic N) is 1. The fraction of sp³-hybridized carbons (Fsp3) is 0.409. The maximum Gasteiger partial charge on any atom is 0.263 e. The summed E-state index contributed by atoms with van der Waals surface area (Å²) in [5, 5.41) is 3.06. The molecule has 2 aromatic rings. The molecule has 1 N–H and O–H groups in total. The average Bonchev–Trinajstić information content (AvgIpc) is 2.66. The molecule has 0 spiro atoms. The number of rotatable bonds is 6. The highest BCUT2D eigenvalue weighted by Crippen LogP contribution is 2.36. The molecule has 3 rings (SSSR count). The van der Waals surface area contributed by atoms with Gasteiger partial charge in [0.25, 0.3) is 5.91 Å². The van der Waals surface area contributed by atoms with E-state index in [4.69, 9.17) is 4.74 Å². The molecule has 1 heterocycles. The van der Waals surface area contributed by atoms with E-state index in [1.807, 2.05) is 43.3 Å². The van der Waals surface area contributed by atoms with Crippen LogP contribution in [0.2, 0.25) is 0 Å². The van der Waals surface area contributed by atoms with Crippen LogP contribution in [0, 0.1) is 12.8 Å². The number of amides is 1. The van der Waals surface area contributed by atoms with Gasteiger partial charge in [-0.05, 0) is 42.5 Å². The zero-order valence-corrected chi connectivity index (χ0v) is 18.1. The molecule has 0 saturated carbocycles. The number of ether oxygens (including phenoxy) is 1. The second-order valence-corrected chi connectivity index (χ2v) is 9.88. The van der Waals surface area contributed by atoms with Crippen molar-refractivity contribution in [3.05, 3.63) is 59.7 Å². The average molecular weight is 417 g/mol. The number of carbonyl (C=O) groups is 1. The van der Waals surface area contributed by atoms with E-state index in [2.05, 4.69) is 19.2 Å². The Morgan fingerprint density at radius 1 is 1.21 bits per heavy atom. The fourth-order valence-electron chi connectivity index (χ4n) is 3.51. The van der Waals surface area contributed by atoms with Crippen LogP contribution in [-0.4, -0.2) is 33.2 Å². The van der Waals surface area contributed by atoms with Gasteiger partial charge in [-0.1, -0.05) is 50.2 Å². The first kappa shape index (κ1) is 21.2. The van der Waals surface area contributed by atoms with Crippen molar-refractivity contribution < 1.29 is 17.9 Å². The van der Waals surface area contributed by atoms with E-state index in [9.17, 15) is 13.2 Å². The van der Waals surface area contributed by atoms with Crippen LogP contribution < -0.4 is 14.4 Å². The first-order valence-corrected chi connectivity index (χ1v) is 11.6. The number of hydrogen-bond acceptors (Lipinski definition) is 4. The SMILES string of the molecule is Cc1ccc2c(c1)N(S(C)(=O)=O)C[C@H](C(=O)N[C@@H](CC(C)C)c1ccccc1)O2. The fourth-order valence-corrected chi connectivity index (χ4v) is 4.42. The predicted octanol–water partition coefficient (Wildman–Crippen LogP) is 3.43. The zero-order valence-electron chi connectivity index (χ0n) is 17.3. The number of sulfonamides is 1. The van der Waals surface area contributed by atoms with Gasteiger partial charge in [0, 0.05) is 0 Å². The maximum absolute atomic E-state index is 13.1. The standard InChI is InChI=1S/C22H28N2O4S/c1-15(2)12-18(17-8-6-5-7-9-17)23-22(25)21-14-24(29(4,26)27)19-13-16(3)10-11-20(19)28-21/h5-11,13,15,18,21H,12,14H2,1-4H3,(H,23,25)/t18-,21+/m0/s1. The van der Waals surface area contributed by atoms with Crippen molar-refractivity contribution in [3.8, 4) is 5.75 Å². The second kappa shape index (κ2) is 8.45. The molecule has 1 amide bonds. The molecule has 0 saturated heterocycles. The predicted molar refractivity (Wildman–Crippen MR) is 115 cm³/mol. The molecule has 2 atom stereocenters. The summed E-state index contributed by atoms with van der Waals surface area (Å²) in [7, 11) is -3.55. The number of benzene rings is 2. The summed E-state index contributed by atoms with van der Waals surface area (Å²) >= 11 is 0. The lowest BCUT2D eigenvalue weighted by Crippen LogP contribution is -2.51. The van der Waals surface area contributed by atoms with Crippen molar-refractivity contribution in [1.29, 1.82) is 0 Å². The molecule has 0 radical (unpaired) electrons. The van der Waals surface area contributed by atoms with Crippen LogP contribution in [0.25, 0.3) is 0 Å². The largest absolute Gasteiger partial charge is 0.476 e. The molecule has 1 aliphatic rings. The normalized spacial score (nSPS) is 17.4. The molecular formula is C22H28N2O4S. The van der Waals surface area contributed by atoms with Crippen molar-refractivity contribution in [1.82, 2.24) is 5.32 Å². The molecular weight excluding hydrogens is 388 g/mol. The molecule has 29 heavy (non-hydrogen) atoms. The van der Waals surface area contributed by atoms with Gasteiger partial charge in [0.1, 0.15) is 5.75 Å². The van der Waals surface area contributed by atoms with E-state index in [0.717, 1.165) is 23.8 Å². The van der Waals surface area contributed by atoms with E-state index < -0.39 is 16.1 Å². The van der Waals surface area contributed by atoms with Gasteiger partial charge >= 0.3 is 0 Å². The highest BCUT2D eigenvalue weighted by atomic mass is 32.2. The highest BCUT2D eigenvalue weighted by molar-refractivity contribution is 7.92. The summed E-state index contributed by atoms with van der Waals surface area (Å²) in [5.74, 6) is 0.455. The molecule has 6 nitrogen and oxygen atoms in total. The Bertz CT molecular complexity index is 974. The van der Waals surface area contributed by atoms with Crippen molar-refractivity contribution >= 4 is 21.6 Å². The Hall–Kier alpha value is -2.54. The van der Waals surface area contributed by atoms with Crippen molar-refractivity contribution in [2.24, 2.45) is 5.92 Å². The van der Waals surface area contributed by atoms with Crippen molar-refractivity contribution in [3.63, 3.8) is 0 Å². The summed E-state index contributed by atoms with van der Waals surface area (Å²) < 4.78 is 31.9. The summed E-state index contributed by atoms with van der Waals surface area (Å²) in [4.78, 5) is 13.1. The lowest BCUT2D eigenvalue weighted by molar-refractivity contribution is -0.128. The van der Waals surface area contributed by atoms with Gasteiger partial charge < -0.3 is 10.1 Å². The third-order valence-corrected chi connectivity index (χ3v) is 6.05. The lowest BCUT2D eigenvalue weighted by atomic mass is 9.96. The van der Waals surface area contributed by atoms with Crippen LogP contribution in [0.3, 0.4) is 0 Å². The number of carbonyl (C=O) groups excluding carboxylic acids is 1. The van der Waals surface area contributed by atoms with Gasteiger partial charge in [0.2, 0.25) is 10.0 Å². The summed E-state index contributed by atoms with van der Waals surface area (Å²) in [6.45, 7) is 6.03. The molecule has 2 aromatic carbocycles. The number of hydrogen-bond donors (Lipinski definition) is 1. The minimum Gasteiger partial charge on any atom is -0.476 e. The van der Waals surface area contributed by atoms with Crippen LogP contribution in [0.15, 0.2) is 48.5 Å². The molecule has 1 aliphatic heterocycles. The highest BCUT2D eigenvalue weighted by Gasteiger charge is 2.36. The first-order chi connectivity index (χ1) is 13.6. The first-order valence-electron chi connectivity index (χ1n) is 9.75. The van der Waals surface area contributed by atoms with Crippen LogP contribution in [0.5, 0.6) is 5.75 Å². The van der Waals surface area contributed by atoms with E-state index in [1.165, 1.54) is 4.31 Å². The van der Waals surface area contributed by atoms with Gasteiger partial charge in [0.15, 0.2) is 6.10 Å². The third kappa shape index (κ3) is 5.09. The number of fused-ring (bicyclic) bond motifs is 1. The summed E-state index contributed by atoms with van der Waals surface area (Å²) in [6.07, 6.45) is 0.997. The molecule has 0 fully saturated rings. The van der Waals surface area contributed by atoms with Crippen LogP contribution in [0.1, 0.15) is 37.4 Å². The Kier molecular flexibility index (Phi) is 6.17. The van der Waals surface area contributed by atoms with E-state index >= 15 is 0 Å². The number of aryl methyl sites for hydroxylation is 1. The topological polar surface area (TPSA) is 75.7 Å². The minimum absolute atomic E-state index is 0.0513. The Labute approximate surface area is 172 Å². The Morgan fingerprint density at radius 2 is 1.90 bits per heavy atom. The van der Waals surface area contributed by atoms with E-state index in [-0.39, 0.29) is 18.5 Å². The van der Waals surface area contributed by atoms with Gasteiger partial charge in [-0.2, -0.15) is 0 Å². The third-order valence-electron chi connectivity index (χ3n) is 4.90. The number of nitrogens with one attached hydrogen (secondary N) is 1. The molecule has 7 heteroatoms. The molecule has 0 bridgehead atoms. The van der Waals surface area contributed by atoms with Crippen LogP contribution in [-0.2, 0) is 14.8 Å². The molecule has 156 valence electrons. The summed E-state index contributed by atoms with van der Waals surface area (Å²) in [5.41, 5.74) is 2.41. The van der Waals surface area contributed by atoms with E-state index in [0.29, 0.717) is 17.4 Å². The minimum atomic E-state index is -3.55. The second-order valence-electron chi connectivity index (χ2n) is 7.97. The summed E-state index contributed by atoms with van der Waals surface area (Å²) in [6, 6.07) is 14.9. The van der Waals surface area contributed by atoms with Gasteiger partial charge in [0.05, 0.1) is 24.5 Å². The molecule has 0 unspecified atom stereocenters.